The molecule has 2 heterocycles. The van der Waals surface area contributed by atoms with Crippen LogP contribution in [0.2, 0.25) is 4.47 Å². The summed E-state index contributed by atoms with van der Waals surface area (Å²) in [5, 5.41) is 3.69. The summed E-state index contributed by atoms with van der Waals surface area (Å²) in [7, 11) is 1.61. The molecule has 0 atom stereocenters. The molecule has 3 rings (SSSR count). The van der Waals surface area contributed by atoms with Crippen LogP contribution < -0.4 is 10.1 Å². The summed E-state index contributed by atoms with van der Waals surface area (Å²) in [6.45, 7) is 1.81. The van der Waals surface area contributed by atoms with Crippen molar-refractivity contribution in [2.24, 2.45) is 0 Å². The third kappa shape index (κ3) is 2.88. The van der Waals surface area contributed by atoms with E-state index >= 15 is 0 Å². The lowest BCUT2D eigenvalue weighted by Crippen LogP contribution is -2.13. The molecule has 0 aliphatic carbocycles. The van der Waals surface area contributed by atoms with Crippen LogP contribution >= 0.6 is 22.9 Å². The van der Waals surface area contributed by atoms with E-state index in [-0.39, 0.29) is 5.91 Å². The van der Waals surface area contributed by atoms with Crippen LogP contribution in [0.1, 0.15) is 15.4 Å². The number of nitrogens with one attached hydrogen (secondary N) is 1. The van der Waals surface area contributed by atoms with E-state index in [9.17, 15) is 4.79 Å². The van der Waals surface area contributed by atoms with Gasteiger partial charge < -0.3 is 10.1 Å². The van der Waals surface area contributed by atoms with Crippen molar-refractivity contribution in [1.82, 2.24) is 9.97 Å². The van der Waals surface area contributed by atoms with Crippen LogP contribution in [-0.2, 0) is 0 Å². The average Bonchev–Trinajstić information content (AvgIpc) is 2.85. The van der Waals surface area contributed by atoms with Gasteiger partial charge in [0.1, 0.15) is 11.4 Å². The van der Waals surface area contributed by atoms with Gasteiger partial charge in [-0.15, -0.1) is 11.3 Å². The second-order valence-electron chi connectivity index (χ2n) is 4.61. The highest BCUT2D eigenvalue weighted by molar-refractivity contribution is 7.15. The number of aryl methyl sites for hydroxylation is 1. The number of hydrogen-bond donors (Lipinski definition) is 1. The molecule has 0 saturated heterocycles. The number of rotatable bonds is 3. The van der Waals surface area contributed by atoms with Crippen molar-refractivity contribution in [2.75, 3.05) is 12.4 Å². The normalized spacial score (nSPS) is 10.7. The van der Waals surface area contributed by atoms with Crippen LogP contribution in [0.25, 0.3) is 10.9 Å². The van der Waals surface area contributed by atoms with Crippen LogP contribution in [0.15, 0.2) is 30.5 Å². The van der Waals surface area contributed by atoms with Gasteiger partial charge in [-0.2, -0.15) is 0 Å². The fourth-order valence-corrected chi connectivity index (χ4v) is 3.12. The molecule has 0 saturated carbocycles. The second kappa shape index (κ2) is 5.90. The Hall–Kier alpha value is -2.18. The third-order valence-electron chi connectivity index (χ3n) is 3.13. The smallest absolute Gasteiger partial charge is 0.275 e. The topological polar surface area (TPSA) is 64.1 Å². The zero-order valence-electron chi connectivity index (χ0n) is 11.9. The molecule has 0 spiro atoms. The highest BCUT2D eigenvalue weighted by atomic mass is 35.5. The molecule has 0 radical (unpaired) electrons. The molecule has 0 aliphatic rings. The minimum absolute atomic E-state index is 0.296. The van der Waals surface area contributed by atoms with Gasteiger partial charge >= 0.3 is 0 Å². The monoisotopic (exact) mass is 333 g/mol. The van der Waals surface area contributed by atoms with E-state index in [1.807, 2.05) is 31.2 Å². The number of fused-ring (bicyclic) bond motifs is 1. The predicted octanol–water partition coefficient (Wildman–Crippen LogP) is 3.91. The first kappa shape index (κ1) is 14.7. The van der Waals surface area contributed by atoms with Gasteiger partial charge in [0.05, 0.1) is 24.5 Å². The Bertz CT molecular complexity index is 863. The fourth-order valence-electron chi connectivity index (χ4n) is 2.06. The van der Waals surface area contributed by atoms with Gasteiger partial charge in [0.2, 0.25) is 0 Å². The number of thiazole rings is 1. The van der Waals surface area contributed by atoms with Crippen LogP contribution in [-0.4, -0.2) is 23.0 Å². The van der Waals surface area contributed by atoms with Crippen molar-refractivity contribution >= 4 is 45.4 Å². The summed E-state index contributed by atoms with van der Waals surface area (Å²) in [6.07, 6.45) is 1.60. The number of methoxy groups -OCH3 is 1. The molecule has 0 fully saturated rings. The lowest BCUT2D eigenvalue weighted by Gasteiger charge is -2.06. The summed E-state index contributed by atoms with van der Waals surface area (Å²) in [6, 6.07) is 7.43. The van der Waals surface area contributed by atoms with Gasteiger partial charge in [-0.3, -0.25) is 9.78 Å². The third-order valence-corrected chi connectivity index (χ3v) is 4.21. The molecular formula is C15H12ClN3O2S. The zero-order valence-corrected chi connectivity index (χ0v) is 13.5. The molecule has 1 amide bonds. The molecule has 0 aliphatic heterocycles. The standard InChI is InChI=1S/C15H12ClN3O2S/c1-8-13(19-15(16)22-8)14(20)18-10-5-9-3-4-11(21-2)6-12(9)17-7-10/h3-7H,1-2H3,(H,18,20). The first-order chi connectivity index (χ1) is 10.6. The van der Waals surface area contributed by atoms with E-state index in [0.29, 0.717) is 15.8 Å². The molecule has 7 heteroatoms. The molecule has 3 aromatic rings. The molecule has 22 heavy (non-hydrogen) atoms. The summed E-state index contributed by atoms with van der Waals surface area (Å²) in [5.74, 6) is 0.444. The van der Waals surface area contributed by atoms with Gasteiger partial charge in [0, 0.05) is 16.3 Å². The number of carbonyl (C=O) groups is 1. The molecule has 2 aromatic heterocycles. The van der Waals surface area contributed by atoms with Gasteiger partial charge in [0.15, 0.2) is 4.47 Å². The molecule has 112 valence electrons. The summed E-state index contributed by atoms with van der Waals surface area (Å²) < 4.78 is 5.51. The lowest BCUT2D eigenvalue weighted by atomic mass is 10.2. The minimum atomic E-state index is -0.296. The van der Waals surface area contributed by atoms with Crippen molar-refractivity contribution in [2.45, 2.75) is 6.92 Å². The Balaban J connectivity index is 1.87. The van der Waals surface area contributed by atoms with Crippen LogP contribution in [0.3, 0.4) is 0 Å². The number of halogens is 1. The number of hydrogen-bond acceptors (Lipinski definition) is 5. The summed E-state index contributed by atoms with van der Waals surface area (Å²) in [4.78, 5) is 21.3. The average molecular weight is 334 g/mol. The first-order valence-corrected chi connectivity index (χ1v) is 7.64. The summed E-state index contributed by atoms with van der Waals surface area (Å²) >= 11 is 7.10. The summed E-state index contributed by atoms with van der Waals surface area (Å²) in [5.41, 5.74) is 1.74. The predicted molar refractivity (Wildman–Crippen MR) is 88.1 cm³/mol. The van der Waals surface area contributed by atoms with Crippen molar-refractivity contribution in [3.05, 3.63) is 45.5 Å². The largest absolute Gasteiger partial charge is 0.497 e. The van der Waals surface area contributed by atoms with E-state index < -0.39 is 0 Å². The van der Waals surface area contributed by atoms with E-state index in [4.69, 9.17) is 16.3 Å². The Kier molecular flexibility index (Phi) is 3.96. The molecule has 5 nitrogen and oxygen atoms in total. The number of ether oxygens (including phenoxy) is 1. The van der Waals surface area contributed by atoms with Crippen LogP contribution in [0.5, 0.6) is 5.75 Å². The quantitative estimate of drug-likeness (QED) is 0.789. The second-order valence-corrected chi connectivity index (χ2v) is 6.39. The van der Waals surface area contributed by atoms with Crippen molar-refractivity contribution < 1.29 is 9.53 Å². The maximum Gasteiger partial charge on any atom is 0.275 e. The van der Waals surface area contributed by atoms with Gasteiger partial charge in [-0.05, 0) is 25.1 Å². The highest BCUT2D eigenvalue weighted by Gasteiger charge is 2.15. The number of anilines is 1. The number of pyridine rings is 1. The molecule has 0 bridgehead atoms. The van der Waals surface area contributed by atoms with Crippen molar-refractivity contribution in [3.8, 4) is 5.75 Å². The van der Waals surface area contributed by atoms with E-state index in [2.05, 4.69) is 15.3 Å². The highest BCUT2D eigenvalue weighted by Crippen LogP contribution is 2.24. The maximum atomic E-state index is 12.2. The van der Waals surface area contributed by atoms with Gasteiger partial charge in [-0.1, -0.05) is 11.6 Å². The van der Waals surface area contributed by atoms with E-state index in [1.54, 1.807) is 13.3 Å². The zero-order chi connectivity index (χ0) is 15.7. The first-order valence-electron chi connectivity index (χ1n) is 6.45. The molecule has 1 N–H and O–H groups in total. The van der Waals surface area contributed by atoms with Crippen molar-refractivity contribution in [1.29, 1.82) is 0 Å². The van der Waals surface area contributed by atoms with Crippen LogP contribution in [0.4, 0.5) is 5.69 Å². The van der Waals surface area contributed by atoms with Gasteiger partial charge in [-0.25, -0.2) is 4.98 Å². The Morgan fingerprint density at radius 2 is 2.18 bits per heavy atom. The molecule has 0 unspecified atom stereocenters. The fraction of sp³-hybridized carbons (Fsp3) is 0.133. The Labute approximate surface area is 135 Å². The van der Waals surface area contributed by atoms with Gasteiger partial charge in [0.25, 0.3) is 5.91 Å². The number of nitrogens with zero attached hydrogens (tertiary/aromatic N) is 2. The molecule has 1 aromatic carbocycles. The van der Waals surface area contributed by atoms with E-state index in [1.165, 1.54) is 11.3 Å². The number of aromatic nitrogens is 2. The number of benzene rings is 1. The molecular weight excluding hydrogens is 322 g/mol. The number of amides is 1. The minimum Gasteiger partial charge on any atom is -0.497 e. The Morgan fingerprint density at radius 1 is 1.36 bits per heavy atom. The lowest BCUT2D eigenvalue weighted by molar-refractivity contribution is 0.102. The SMILES string of the molecule is COc1ccc2cc(NC(=O)c3nc(Cl)sc3C)cnc2c1. The van der Waals surface area contributed by atoms with Crippen LogP contribution in [0, 0.1) is 6.92 Å². The van der Waals surface area contributed by atoms with E-state index in [0.717, 1.165) is 21.5 Å². The maximum absolute atomic E-state index is 12.2. The van der Waals surface area contributed by atoms with Crippen molar-refractivity contribution in [3.63, 3.8) is 0 Å². The number of carbonyl (C=O) groups excluding carboxylic acids is 1. The Morgan fingerprint density at radius 3 is 2.86 bits per heavy atom.